The van der Waals surface area contributed by atoms with Gasteiger partial charge in [-0.2, -0.15) is 0 Å². The van der Waals surface area contributed by atoms with Gasteiger partial charge in [-0.1, -0.05) is 23.2 Å². The largest absolute Gasteiger partial charge is 0.478 e. The van der Waals surface area contributed by atoms with Gasteiger partial charge in [0, 0.05) is 15.6 Å². The Labute approximate surface area is 124 Å². The molecule has 2 aromatic carbocycles. The van der Waals surface area contributed by atoms with Gasteiger partial charge in [0.25, 0.3) is 5.91 Å². The Morgan fingerprint density at radius 2 is 1.55 bits per heavy atom. The van der Waals surface area contributed by atoms with Crippen molar-refractivity contribution in [2.75, 3.05) is 5.32 Å². The monoisotopic (exact) mass is 309 g/mol. The number of amides is 1. The average molecular weight is 310 g/mol. The van der Waals surface area contributed by atoms with E-state index in [4.69, 9.17) is 28.3 Å². The number of aromatic carboxylic acids is 1. The zero-order valence-corrected chi connectivity index (χ0v) is 11.6. The first-order chi connectivity index (χ1) is 9.47. The van der Waals surface area contributed by atoms with Crippen molar-refractivity contribution in [1.82, 2.24) is 0 Å². The fourth-order valence-corrected chi connectivity index (χ4v) is 1.90. The molecule has 0 atom stereocenters. The third-order valence-corrected chi connectivity index (χ3v) is 3.05. The van der Waals surface area contributed by atoms with Gasteiger partial charge in [0.15, 0.2) is 0 Å². The molecule has 1 amide bonds. The predicted molar refractivity (Wildman–Crippen MR) is 77.8 cm³/mol. The van der Waals surface area contributed by atoms with Crippen molar-refractivity contribution in [3.8, 4) is 0 Å². The molecule has 4 nitrogen and oxygen atoms in total. The van der Waals surface area contributed by atoms with E-state index >= 15 is 0 Å². The maximum Gasteiger partial charge on any atom is 0.337 e. The van der Waals surface area contributed by atoms with Crippen molar-refractivity contribution in [3.05, 3.63) is 63.6 Å². The summed E-state index contributed by atoms with van der Waals surface area (Å²) in [6.07, 6.45) is 0. The van der Waals surface area contributed by atoms with Gasteiger partial charge >= 0.3 is 5.97 Å². The summed E-state index contributed by atoms with van der Waals surface area (Å²) in [6.45, 7) is 0. The molecule has 0 spiro atoms. The average Bonchev–Trinajstić information content (AvgIpc) is 2.41. The van der Waals surface area contributed by atoms with Crippen LogP contribution in [0, 0.1) is 0 Å². The first-order valence-electron chi connectivity index (χ1n) is 5.57. The van der Waals surface area contributed by atoms with Gasteiger partial charge < -0.3 is 10.4 Å². The number of nitrogens with one attached hydrogen (secondary N) is 1. The van der Waals surface area contributed by atoms with E-state index in [-0.39, 0.29) is 16.3 Å². The molecule has 2 rings (SSSR count). The van der Waals surface area contributed by atoms with E-state index in [1.54, 1.807) is 24.3 Å². The first kappa shape index (κ1) is 14.4. The summed E-state index contributed by atoms with van der Waals surface area (Å²) < 4.78 is 0. The highest BCUT2D eigenvalue weighted by molar-refractivity contribution is 6.31. The van der Waals surface area contributed by atoms with E-state index in [0.717, 1.165) is 0 Å². The minimum atomic E-state index is -1.17. The number of benzene rings is 2. The summed E-state index contributed by atoms with van der Waals surface area (Å²) in [7, 11) is 0. The molecule has 0 aliphatic heterocycles. The number of hydrogen-bond acceptors (Lipinski definition) is 2. The normalized spacial score (nSPS) is 10.1. The molecular weight excluding hydrogens is 301 g/mol. The number of carbonyl (C=O) groups excluding carboxylic acids is 1. The zero-order chi connectivity index (χ0) is 14.7. The molecule has 0 aliphatic rings. The maximum atomic E-state index is 12.0. The standard InChI is InChI=1S/C14H9Cl2NO3/c15-9-3-1-8(2-4-9)13(18)17-12-6-5-10(16)7-11(12)14(19)20/h1-7H,(H,17,18)(H,19,20). The molecule has 0 bridgehead atoms. The van der Waals surface area contributed by atoms with Crippen LogP contribution < -0.4 is 5.32 Å². The van der Waals surface area contributed by atoms with Gasteiger partial charge in [0.2, 0.25) is 0 Å². The number of halogens is 2. The number of anilines is 1. The number of rotatable bonds is 3. The lowest BCUT2D eigenvalue weighted by Crippen LogP contribution is -2.14. The highest BCUT2D eigenvalue weighted by Crippen LogP contribution is 2.21. The van der Waals surface area contributed by atoms with Crippen molar-refractivity contribution in [1.29, 1.82) is 0 Å². The SMILES string of the molecule is O=C(Nc1ccc(Cl)cc1C(=O)O)c1ccc(Cl)cc1. The summed E-state index contributed by atoms with van der Waals surface area (Å²) in [5.74, 6) is -1.59. The van der Waals surface area contributed by atoms with E-state index < -0.39 is 11.9 Å². The molecule has 0 aliphatic carbocycles. The van der Waals surface area contributed by atoms with Crippen LogP contribution in [0.1, 0.15) is 20.7 Å². The Hall–Kier alpha value is -2.04. The van der Waals surface area contributed by atoms with Crippen molar-refractivity contribution in [3.63, 3.8) is 0 Å². The van der Waals surface area contributed by atoms with E-state index in [1.165, 1.54) is 18.2 Å². The molecule has 6 heteroatoms. The summed E-state index contributed by atoms with van der Waals surface area (Å²) >= 11 is 11.5. The fourth-order valence-electron chi connectivity index (χ4n) is 1.60. The van der Waals surface area contributed by atoms with Crippen LogP contribution in [0.25, 0.3) is 0 Å². The van der Waals surface area contributed by atoms with Crippen LogP contribution in [0.4, 0.5) is 5.69 Å². The highest BCUT2D eigenvalue weighted by atomic mass is 35.5. The highest BCUT2D eigenvalue weighted by Gasteiger charge is 2.14. The second-order valence-corrected chi connectivity index (χ2v) is 4.83. The molecule has 0 heterocycles. The van der Waals surface area contributed by atoms with E-state index in [9.17, 15) is 9.59 Å². The summed E-state index contributed by atoms with van der Waals surface area (Å²) in [5.41, 5.74) is 0.488. The minimum Gasteiger partial charge on any atom is -0.478 e. The third-order valence-electron chi connectivity index (χ3n) is 2.57. The van der Waals surface area contributed by atoms with E-state index in [1.807, 2.05) is 0 Å². The van der Waals surface area contributed by atoms with Crippen LogP contribution >= 0.6 is 23.2 Å². The summed E-state index contributed by atoms with van der Waals surface area (Å²) in [5, 5.41) is 12.4. The Morgan fingerprint density at radius 1 is 0.950 bits per heavy atom. The zero-order valence-electron chi connectivity index (χ0n) is 10.1. The van der Waals surface area contributed by atoms with Gasteiger partial charge in [-0.15, -0.1) is 0 Å². The molecule has 2 aromatic rings. The van der Waals surface area contributed by atoms with E-state index in [0.29, 0.717) is 10.6 Å². The Morgan fingerprint density at radius 3 is 2.15 bits per heavy atom. The molecule has 0 radical (unpaired) electrons. The van der Waals surface area contributed by atoms with Crippen molar-refractivity contribution >= 4 is 40.8 Å². The Kier molecular flexibility index (Phi) is 4.27. The molecule has 102 valence electrons. The second kappa shape index (κ2) is 5.94. The molecule has 20 heavy (non-hydrogen) atoms. The number of carboxylic acids is 1. The molecule has 0 unspecified atom stereocenters. The third kappa shape index (κ3) is 3.29. The first-order valence-corrected chi connectivity index (χ1v) is 6.33. The smallest absolute Gasteiger partial charge is 0.337 e. The number of carboxylic acid groups (broad SMARTS) is 1. The fraction of sp³-hybridized carbons (Fsp3) is 0. The topological polar surface area (TPSA) is 66.4 Å². The van der Waals surface area contributed by atoms with Crippen molar-refractivity contribution in [2.45, 2.75) is 0 Å². The summed E-state index contributed by atoms with van der Waals surface area (Å²) in [4.78, 5) is 23.1. The Bertz CT molecular complexity index is 669. The van der Waals surface area contributed by atoms with Gasteiger partial charge in [-0.05, 0) is 42.5 Å². The second-order valence-electron chi connectivity index (χ2n) is 3.96. The maximum absolute atomic E-state index is 12.0. The molecule has 0 saturated carbocycles. The number of hydrogen-bond donors (Lipinski definition) is 2. The quantitative estimate of drug-likeness (QED) is 0.902. The summed E-state index contributed by atoms with van der Waals surface area (Å²) in [6, 6.07) is 10.5. The molecule has 0 aromatic heterocycles. The van der Waals surface area contributed by atoms with Crippen molar-refractivity contribution < 1.29 is 14.7 Å². The molecule has 0 saturated heterocycles. The lowest BCUT2D eigenvalue weighted by molar-refractivity contribution is 0.0698. The van der Waals surface area contributed by atoms with Gasteiger partial charge in [0.05, 0.1) is 11.3 Å². The lowest BCUT2D eigenvalue weighted by Gasteiger charge is -2.09. The predicted octanol–water partition coefficient (Wildman–Crippen LogP) is 3.94. The van der Waals surface area contributed by atoms with Crippen LogP contribution in [0.15, 0.2) is 42.5 Å². The molecule has 2 N–H and O–H groups in total. The van der Waals surface area contributed by atoms with Crippen LogP contribution in [0.3, 0.4) is 0 Å². The van der Waals surface area contributed by atoms with Crippen molar-refractivity contribution in [2.24, 2.45) is 0 Å². The van der Waals surface area contributed by atoms with Gasteiger partial charge in [-0.25, -0.2) is 4.79 Å². The van der Waals surface area contributed by atoms with Crippen LogP contribution in [-0.2, 0) is 0 Å². The molecule has 0 fully saturated rings. The Balaban J connectivity index is 2.28. The van der Waals surface area contributed by atoms with Crippen LogP contribution in [-0.4, -0.2) is 17.0 Å². The van der Waals surface area contributed by atoms with E-state index in [2.05, 4.69) is 5.32 Å². The number of carbonyl (C=O) groups is 2. The van der Waals surface area contributed by atoms with Crippen LogP contribution in [0.5, 0.6) is 0 Å². The minimum absolute atomic E-state index is 0.0696. The van der Waals surface area contributed by atoms with Gasteiger partial charge in [-0.3, -0.25) is 4.79 Å². The van der Waals surface area contributed by atoms with Crippen LogP contribution in [0.2, 0.25) is 10.0 Å². The molecular formula is C14H9Cl2NO3. The lowest BCUT2D eigenvalue weighted by atomic mass is 10.1. The van der Waals surface area contributed by atoms with Gasteiger partial charge in [0.1, 0.15) is 0 Å².